The van der Waals surface area contributed by atoms with E-state index in [-0.39, 0.29) is 30.9 Å². The zero-order valence-electron chi connectivity index (χ0n) is 25.6. The summed E-state index contributed by atoms with van der Waals surface area (Å²) in [6, 6.07) is 22.4. The molecule has 3 heterocycles. The van der Waals surface area contributed by atoms with E-state index in [4.69, 9.17) is 4.74 Å². The highest BCUT2D eigenvalue weighted by molar-refractivity contribution is 6.07. The molecule has 5 atom stereocenters. The summed E-state index contributed by atoms with van der Waals surface area (Å²) in [6.45, 7) is 8.76. The molecule has 3 aromatic rings. The highest BCUT2D eigenvalue weighted by Gasteiger charge is 2.74. The molecular formula is C37H41N3O5. The van der Waals surface area contributed by atoms with Gasteiger partial charge in [0.15, 0.2) is 0 Å². The number of aliphatic hydroxyl groups is 1. The zero-order chi connectivity index (χ0) is 31.6. The Bertz CT molecular complexity index is 1590. The molecule has 8 nitrogen and oxygen atoms in total. The van der Waals surface area contributed by atoms with Crippen molar-refractivity contribution in [3.05, 3.63) is 98.1 Å². The maximum atomic E-state index is 14.8. The van der Waals surface area contributed by atoms with Crippen LogP contribution in [0.25, 0.3) is 10.8 Å². The number of amides is 3. The Labute approximate surface area is 264 Å². The molecule has 6 rings (SSSR count). The Morgan fingerprint density at radius 2 is 1.58 bits per heavy atom. The van der Waals surface area contributed by atoms with Gasteiger partial charge in [0.2, 0.25) is 11.8 Å². The summed E-state index contributed by atoms with van der Waals surface area (Å²) >= 11 is 0. The van der Waals surface area contributed by atoms with Crippen LogP contribution < -0.4 is 9.80 Å². The molecule has 0 aliphatic carbocycles. The number of nitrogens with zero attached hydrogens (tertiary/aromatic N) is 3. The quantitative estimate of drug-likeness (QED) is 0.215. The number of aliphatic hydroxyl groups excluding tert-OH is 1. The monoisotopic (exact) mass is 607 g/mol. The van der Waals surface area contributed by atoms with Gasteiger partial charge >= 0.3 is 0 Å². The molecule has 3 amide bonds. The molecular weight excluding hydrogens is 566 g/mol. The molecule has 0 radical (unpaired) electrons. The van der Waals surface area contributed by atoms with Gasteiger partial charge in [0, 0.05) is 37.6 Å². The second-order valence-electron chi connectivity index (χ2n) is 12.2. The van der Waals surface area contributed by atoms with E-state index in [9.17, 15) is 19.5 Å². The molecule has 3 aromatic carbocycles. The maximum absolute atomic E-state index is 14.8. The SMILES string of the molecule is C=CCN(C(=O)C1N(CCCCCO)C(=O)[C@@H]2[C@@H](C(=O)N(CC=C)c3ccccc3)[C@H]3CCC12O3)c1ccc2ccccc2c1. The van der Waals surface area contributed by atoms with Crippen LogP contribution in [0, 0.1) is 11.8 Å². The molecule has 3 fully saturated rings. The van der Waals surface area contributed by atoms with Gasteiger partial charge < -0.3 is 24.5 Å². The third-order valence-electron chi connectivity index (χ3n) is 9.64. The van der Waals surface area contributed by atoms with Crippen molar-refractivity contribution in [2.24, 2.45) is 11.8 Å². The number of hydrogen-bond donors (Lipinski definition) is 1. The Kier molecular flexibility index (Phi) is 8.88. The van der Waals surface area contributed by atoms with Crippen molar-refractivity contribution in [3.63, 3.8) is 0 Å². The first-order chi connectivity index (χ1) is 21.9. The zero-order valence-corrected chi connectivity index (χ0v) is 25.6. The van der Waals surface area contributed by atoms with E-state index in [0.29, 0.717) is 50.9 Å². The number of carbonyl (C=O) groups is 3. The highest BCUT2D eigenvalue weighted by atomic mass is 16.5. The topological polar surface area (TPSA) is 90.4 Å². The first-order valence-corrected chi connectivity index (χ1v) is 15.9. The smallest absolute Gasteiger partial charge is 0.253 e. The first kappa shape index (κ1) is 30.7. The summed E-state index contributed by atoms with van der Waals surface area (Å²) in [5.74, 6) is -2.10. The number of hydrogen-bond acceptors (Lipinski definition) is 5. The Morgan fingerprint density at radius 1 is 0.889 bits per heavy atom. The number of unbranched alkanes of at least 4 members (excludes halogenated alkanes) is 2. The van der Waals surface area contributed by atoms with Crippen LogP contribution in [0.1, 0.15) is 32.1 Å². The van der Waals surface area contributed by atoms with Crippen LogP contribution in [0.2, 0.25) is 0 Å². The Hall–Kier alpha value is -4.27. The van der Waals surface area contributed by atoms with Crippen LogP contribution in [0.15, 0.2) is 98.1 Å². The second kappa shape index (κ2) is 13.0. The molecule has 1 spiro atoms. The lowest BCUT2D eigenvalue weighted by Crippen LogP contribution is -2.56. The molecule has 0 saturated carbocycles. The van der Waals surface area contributed by atoms with Gasteiger partial charge in [-0.1, -0.05) is 60.7 Å². The van der Waals surface area contributed by atoms with Gasteiger partial charge in [-0.15, -0.1) is 13.2 Å². The molecule has 8 heteroatoms. The predicted molar refractivity (Wildman–Crippen MR) is 176 cm³/mol. The van der Waals surface area contributed by atoms with Crippen LogP contribution >= 0.6 is 0 Å². The normalized spacial score (nSPS) is 24.9. The van der Waals surface area contributed by atoms with Gasteiger partial charge in [-0.05, 0) is 67.1 Å². The number of fused-ring (bicyclic) bond motifs is 2. The number of rotatable bonds is 13. The van der Waals surface area contributed by atoms with E-state index in [0.717, 1.165) is 16.5 Å². The number of benzene rings is 3. The number of anilines is 2. The van der Waals surface area contributed by atoms with E-state index in [1.165, 1.54) is 0 Å². The molecule has 3 aliphatic heterocycles. The van der Waals surface area contributed by atoms with E-state index in [2.05, 4.69) is 13.2 Å². The summed E-state index contributed by atoms with van der Waals surface area (Å²) in [5.41, 5.74) is 0.335. The standard InChI is InChI=1S/C37H41N3O5/c1-3-21-38(28-15-7-5-8-16-28)34(42)31-30-19-20-37(45-30)32(31)35(43)40(23-11-6-12-24-41)33(37)36(44)39(22-4-2)29-18-17-26-13-9-10-14-27(26)25-29/h3-5,7-10,13-18,25,30-33,41H,1-2,6,11-12,19-24H2/t30-,31+,32+,33?,37?/m1/s1. The fourth-order valence-corrected chi connectivity index (χ4v) is 7.71. The average molecular weight is 608 g/mol. The van der Waals surface area contributed by atoms with Crippen molar-refractivity contribution in [1.82, 2.24) is 4.90 Å². The lowest BCUT2D eigenvalue weighted by atomic mass is 9.70. The van der Waals surface area contributed by atoms with Crippen molar-refractivity contribution in [1.29, 1.82) is 0 Å². The number of para-hydroxylation sites is 1. The van der Waals surface area contributed by atoms with Crippen LogP contribution in [-0.2, 0) is 19.1 Å². The van der Waals surface area contributed by atoms with Gasteiger partial charge in [0.05, 0.1) is 17.9 Å². The summed E-state index contributed by atoms with van der Waals surface area (Å²) in [5, 5.41) is 11.4. The average Bonchev–Trinajstić information content (AvgIpc) is 3.71. The molecule has 0 aromatic heterocycles. The van der Waals surface area contributed by atoms with Gasteiger partial charge in [-0.3, -0.25) is 14.4 Å². The lowest BCUT2D eigenvalue weighted by Gasteiger charge is -2.37. The van der Waals surface area contributed by atoms with Crippen molar-refractivity contribution >= 4 is 39.9 Å². The molecule has 3 aliphatic rings. The van der Waals surface area contributed by atoms with Crippen LogP contribution in [0.3, 0.4) is 0 Å². The van der Waals surface area contributed by atoms with Gasteiger partial charge in [0.25, 0.3) is 5.91 Å². The minimum absolute atomic E-state index is 0.0674. The predicted octanol–water partition coefficient (Wildman–Crippen LogP) is 5.12. The summed E-state index contributed by atoms with van der Waals surface area (Å²) in [7, 11) is 0. The molecule has 2 bridgehead atoms. The van der Waals surface area contributed by atoms with Crippen molar-refractivity contribution in [3.8, 4) is 0 Å². The molecule has 2 unspecified atom stereocenters. The third kappa shape index (κ3) is 5.36. The van der Waals surface area contributed by atoms with Gasteiger partial charge in [-0.25, -0.2) is 0 Å². The minimum atomic E-state index is -1.11. The third-order valence-corrected chi connectivity index (χ3v) is 9.64. The Balaban J connectivity index is 1.39. The van der Waals surface area contributed by atoms with Crippen molar-refractivity contribution in [2.45, 2.75) is 49.9 Å². The Morgan fingerprint density at radius 3 is 2.29 bits per heavy atom. The highest BCUT2D eigenvalue weighted by Crippen LogP contribution is 2.59. The van der Waals surface area contributed by atoms with E-state index < -0.39 is 29.6 Å². The van der Waals surface area contributed by atoms with Crippen LogP contribution in [0.4, 0.5) is 11.4 Å². The number of carbonyl (C=O) groups excluding carboxylic acids is 3. The summed E-state index contributed by atoms with van der Waals surface area (Å²) < 4.78 is 6.73. The van der Waals surface area contributed by atoms with Crippen molar-refractivity contribution < 1.29 is 24.2 Å². The fourth-order valence-electron chi connectivity index (χ4n) is 7.71. The summed E-state index contributed by atoms with van der Waals surface area (Å²) in [4.78, 5) is 48.7. The molecule has 234 valence electrons. The lowest BCUT2D eigenvalue weighted by molar-refractivity contribution is -0.140. The van der Waals surface area contributed by atoms with Crippen LogP contribution in [0.5, 0.6) is 0 Å². The molecule has 3 saturated heterocycles. The fraction of sp³-hybridized carbons (Fsp3) is 0.378. The van der Waals surface area contributed by atoms with E-state index >= 15 is 0 Å². The van der Waals surface area contributed by atoms with E-state index in [1.807, 2.05) is 72.8 Å². The van der Waals surface area contributed by atoms with Gasteiger partial charge in [-0.2, -0.15) is 0 Å². The van der Waals surface area contributed by atoms with E-state index in [1.54, 1.807) is 26.9 Å². The minimum Gasteiger partial charge on any atom is -0.396 e. The maximum Gasteiger partial charge on any atom is 0.253 e. The van der Waals surface area contributed by atoms with Crippen LogP contribution in [-0.4, -0.2) is 71.7 Å². The number of likely N-dealkylation sites (tertiary alicyclic amines) is 1. The van der Waals surface area contributed by atoms with Crippen molar-refractivity contribution in [2.75, 3.05) is 36.0 Å². The first-order valence-electron chi connectivity index (χ1n) is 15.9. The second-order valence-corrected chi connectivity index (χ2v) is 12.2. The molecule has 1 N–H and O–H groups in total. The largest absolute Gasteiger partial charge is 0.396 e. The van der Waals surface area contributed by atoms with Gasteiger partial charge in [0.1, 0.15) is 11.6 Å². The molecule has 45 heavy (non-hydrogen) atoms. The number of ether oxygens (including phenoxy) is 1. The summed E-state index contributed by atoms with van der Waals surface area (Å²) in [6.07, 6.45) is 5.99.